The fourth-order valence-corrected chi connectivity index (χ4v) is 2.64. The van der Waals surface area contributed by atoms with Crippen molar-refractivity contribution in [3.05, 3.63) is 17.5 Å². The highest BCUT2D eigenvalue weighted by Crippen LogP contribution is 2.32. The van der Waals surface area contributed by atoms with Crippen molar-refractivity contribution < 1.29 is 23.1 Å². The fraction of sp³-hybridized carbons (Fsp3) is 0.692. The monoisotopic (exact) mass is 305 g/mol. The molecule has 0 unspecified atom stereocenters. The molecule has 0 saturated heterocycles. The number of carbonyl (C=O) groups is 1. The number of alkyl halides is 3. The molecule has 5 nitrogen and oxygen atoms in total. The van der Waals surface area contributed by atoms with Crippen LogP contribution in [0.3, 0.4) is 0 Å². The van der Waals surface area contributed by atoms with E-state index in [4.69, 9.17) is 0 Å². The Bertz CT molecular complexity index is 519. The van der Waals surface area contributed by atoms with Gasteiger partial charge in [-0.15, -0.1) is 0 Å². The smallest absolute Gasteiger partial charge is 0.388 e. The van der Waals surface area contributed by atoms with Gasteiger partial charge in [0.15, 0.2) is 5.69 Å². The van der Waals surface area contributed by atoms with Crippen LogP contribution in [0.15, 0.2) is 6.20 Å². The summed E-state index contributed by atoms with van der Waals surface area (Å²) in [6, 6.07) is 0. The van der Waals surface area contributed by atoms with Crippen molar-refractivity contribution in [1.82, 2.24) is 15.1 Å². The van der Waals surface area contributed by atoms with Gasteiger partial charge in [-0.2, -0.15) is 18.3 Å². The maximum absolute atomic E-state index is 13.0. The molecule has 1 aromatic rings. The number of nitrogens with zero attached hydrogens (tertiary/aromatic N) is 2. The van der Waals surface area contributed by atoms with Crippen LogP contribution in [0.2, 0.25) is 0 Å². The average molecular weight is 305 g/mol. The van der Waals surface area contributed by atoms with Gasteiger partial charge in [0.2, 0.25) is 0 Å². The predicted molar refractivity (Wildman–Crippen MR) is 68.7 cm³/mol. The zero-order valence-corrected chi connectivity index (χ0v) is 11.7. The standard InChI is InChI=1S/C13H18F3N3O2/c1-2-19-10(13(14,15)16)9(7-18-19)11(20)17-8-12(21)5-3-4-6-12/h7,21H,2-6,8H2,1H3,(H,17,20). The largest absolute Gasteiger partial charge is 0.433 e. The molecule has 1 heterocycles. The van der Waals surface area contributed by atoms with Crippen molar-refractivity contribution in [3.8, 4) is 0 Å². The second kappa shape index (κ2) is 5.67. The van der Waals surface area contributed by atoms with Crippen LogP contribution in [0.5, 0.6) is 0 Å². The molecule has 2 rings (SSSR count). The van der Waals surface area contributed by atoms with Crippen LogP contribution in [0.25, 0.3) is 0 Å². The Labute approximate surface area is 120 Å². The van der Waals surface area contributed by atoms with Crippen LogP contribution in [0.1, 0.15) is 48.7 Å². The normalized spacial score (nSPS) is 18.0. The SMILES string of the molecule is CCn1ncc(C(=O)NCC2(O)CCCC2)c1C(F)(F)F. The molecular weight excluding hydrogens is 287 g/mol. The molecule has 0 bridgehead atoms. The Morgan fingerprint density at radius 2 is 2.10 bits per heavy atom. The first kappa shape index (κ1) is 15.8. The van der Waals surface area contributed by atoms with Gasteiger partial charge in [0.05, 0.1) is 17.4 Å². The van der Waals surface area contributed by atoms with E-state index in [0.717, 1.165) is 23.7 Å². The summed E-state index contributed by atoms with van der Waals surface area (Å²) in [4.78, 5) is 12.0. The number of hydrogen-bond acceptors (Lipinski definition) is 3. The third kappa shape index (κ3) is 3.37. The van der Waals surface area contributed by atoms with Gasteiger partial charge in [-0.25, -0.2) is 0 Å². The highest BCUT2D eigenvalue weighted by atomic mass is 19.4. The number of nitrogens with one attached hydrogen (secondary N) is 1. The van der Waals surface area contributed by atoms with Crippen LogP contribution in [-0.4, -0.2) is 32.9 Å². The van der Waals surface area contributed by atoms with Crippen LogP contribution < -0.4 is 5.32 Å². The minimum absolute atomic E-state index is 0.0199. The first-order valence-electron chi connectivity index (χ1n) is 6.90. The summed E-state index contributed by atoms with van der Waals surface area (Å²) in [5.41, 5.74) is -2.57. The summed E-state index contributed by atoms with van der Waals surface area (Å²) in [6.45, 7) is 1.50. The molecule has 1 aliphatic carbocycles. The highest BCUT2D eigenvalue weighted by Gasteiger charge is 2.40. The summed E-state index contributed by atoms with van der Waals surface area (Å²) in [6.07, 6.45) is -0.924. The van der Waals surface area contributed by atoms with Crippen LogP contribution in [0.4, 0.5) is 13.2 Å². The topological polar surface area (TPSA) is 67.2 Å². The number of aryl methyl sites for hydroxylation is 1. The van der Waals surface area contributed by atoms with E-state index in [9.17, 15) is 23.1 Å². The fourth-order valence-electron chi connectivity index (χ4n) is 2.64. The summed E-state index contributed by atoms with van der Waals surface area (Å²) < 4.78 is 39.8. The van der Waals surface area contributed by atoms with Crippen molar-refractivity contribution in [3.63, 3.8) is 0 Å². The molecule has 1 saturated carbocycles. The summed E-state index contributed by atoms with van der Waals surface area (Å²) in [7, 11) is 0. The number of hydrogen-bond donors (Lipinski definition) is 2. The quantitative estimate of drug-likeness (QED) is 0.893. The molecule has 1 fully saturated rings. The number of amides is 1. The maximum atomic E-state index is 13.0. The third-order valence-electron chi connectivity index (χ3n) is 3.76. The zero-order valence-electron chi connectivity index (χ0n) is 11.7. The molecule has 0 atom stereocenters. The molecule has 0 radical (unpaired) electrons. The van der Waals surface area contributed by atoms with Gasteiger partial charge in [-0.3, -0.25) is 9.48 Å². The number of aliphatic hydroxyl groups is 1. The molecule has 1 aromatic heterocycles. The van der Waals surface area contributed by atoms with Gasteiger partial charge in [0.25, 0.3) is 5.91 Å². The van der Waals surface area contributed by atoms with E-state index in [-0.39, 0.29) is 13.1 Å². The molecule has 0 aliphatic heterocycles. The van der Waals surface area contributed by atoms with E-state index in [2.05, 4.69) is 10.4 Å². The lowest BCUT2D eigenvalue weighted by molar-refractivity contribution is -0.144. The van der Waals surface area contributed by atoms with E-state index >= 15 is 0 Å². The minimum Gasteiger partial charge on any atom is -0.388 e. The average Bonchev–Trinajstić information content (AvgIpc) is 3.01. The predicted octanol–water partition coefficient (Wildman–Crippen LogP) is 1.96. The molecule has 0 aromatic carbocycles. The summed E-state index contributed by atoms with van der Waals surface area (Å²) >= 11 is 0. The molecule has 21 heavy (non-hydrogen) atoms. The van der Waals surface area contributed by atoms with Gasteiger partial charge >= 0.3 is 6.18 Å². The molecular formula is C13H18F3N3O2. The second-order valence-corrected chi connectivity index (χ2v) is 5.33. The lowest BCUT2D eigenvalue weighted by Gasteiger charge is -2.22. The molecule has 118 valence electrons. The Morgan fingerprint density at radius 3 is 2.62 bits per heavy atom. The Morgan fingerprint density at radius 1 is 1.48 bits per heavy atom. The van der Waals surface area contributed by atoms with Gasteiger partial charge in [0.1, 0.15) is 0 Å². The highest BCUT2D eigenvalue weighted by molar-refractivity contribution is 5.95. The molecule has 2 N–H and O–H groups in total. The summed E-state index contributed by atoms with van der Waals surface area (Å²) in [5.74, 6) is -0.859. The van der Waals surface area contributed by atoms with Crippen molar-refractivity contribution in [2.75, 3.05) is 6.54 Å². The number of halogens is 3. The van der Waals surface area contributed by atoms with Crippen LogP contribution in [0, 0.1) is 0 Å². The van der Waals surface area contributed by atoms with Crippen molar-refractivity contribution in [2.45, 2.75) is 50.9 Å². The van der Waals surface area contributed by atoms with Crippen LogP contribution in [-0.2, 0) is 12.7 Å². The Balaban J connectivity index is 2.14. The Kier molecular flexibility index (Phi) is 4.27. The molecule has 0 spiro atoms. The van der Waals surface area contributed by atoms with E-state index in [1.54, 1.807) is 0 Å². The van der Waals surface area contributed by atoms with Gasteiger partial charge < -0.3 is 10.4 Å². The van der Waals surface area contributed by atoms with Crippen molar-refractivity contribution in [2.24, 2.45) is 0 Å². The zero-order chi connectivity index (χ0) is 15.7. The molecule has 1 amide bonds. The number of rotatable bonds is 4. The van der Waals surface area contributed by atoms with Crippen LogP contribution >= 0.6 is 0 Å². The first-order chi connectivity index (χ1) is 9.77. The third-order valence-corrected chi connectivity index (χ3v) is 3.76. The van der Waals surface area contributed by atoms with E-state index < -0.39 is 28.9 Å². The van der Waals surface area contributed by atoms with E-state index in [1.165, 1.54) is 6.92 Å². The maximum Gasteiger partial charge on any atom is 0.433 e. The van der Waals surface area contributed by atoms with Gasteiger partial charge in [0, 0.05) is 13.1 Å². The van der Waals surface area contributed by atoms with Gasteiger partial charge in [-0.05, 0) is 19.8 Å². The van der Waals surface area contributed by atoms with Gasteiger partial charge in [-0.1, -0.05) is 12.8 Å². The number of aromatic nitrogens is 2. The van der Waals surface area contributed by atoms with E-state index in [0.29, 0.717) is 12.8 Å². The minimum atomic E-state index is -4.65. The summed E-state index contributed by atoms with van der Waals surface area (Å²) in [5, 5.41) is 16.1. The van der Waals surface area contributed by atoms with Crippen molar-refractivity contribution >= 4 is 5.91 Å². The second-order valence-electron chi connectivity index (χ2n) is 5.33. The number of carbonyl (C=O) groups excluding carboxylic acids is 1. The lowest BCUT2D eigenvalue weighted by Crippen LogP contribution is -2.41. The first-order valence-corrected chi connectivity index (χ1v) is 6.90. The van der Waals surface area contributed by atoms with E-state index in [1.807, 2.05) is 0 Å². The molecule has 8 heteroatoms. The molecule has 1 aliphatic rings. The Hall–Kier alpha value is -1.57. The lowest BCUT2D eigenvalue weighted by atomic mass is 10.0. The van der Waals surface area contributed by atoms with Crippen molar-refractivity contribution in [1.29, 1.82) is 0 Å².